The van der Waals surface area contributed by atoms with Crippen molar-refractivity contribution >= 4 is 18.0 Å². The van der Waals surface area contributed by atoms with E-state index in [1.54, 1.807) is 6.92 Å². The minimum atomic E-state index is -1.13. The average Bonchev–Trinajstić information content (AvgIpc) is 3.09. The van der Waals surface area contributed by atoms with E-state index in [1.165, 1.54) is 6.08 Å². The molecule has 0 aromatic heterocycles. The smallest absolute Gasteiger partial charge is 0.407 e. The van der Waals surface area contributed by atoms with Crippen LogP contribution < -0.4 is 10.6 Å². The maximum atomic E-state index is 12.2. The molecule has 0 fully saturated rings. The maximum absolute atomic E-state index is 12.2. The number of carbonyl (C=O) groups excluding carboxylic acids is 2. The molecule has 2 unspecified atom stereocenters. The van der Waals surface area contributed by atoms with E-state index in [9.17, 15) is 14.4 Å². The molecule has 3 rings (SSSR count). The molecule has 0 radical (unpaired) electrons. The number of alkyl carbamates (subject to hydrolysis) is 1. The number of carbonyl (C=O) groups is 3. The summed E-state index contributed by atoms with van der Waals surface area (Å²) in [6.45, 7) is 5.30. The molecule has 0 saturated heterocycles. The molecule has 3 N–H and O–H groups in total. The molecule has 2 aromatic carbocycles. The number of hydrogen-bond acceptors (Lipinski definition) is 4. The first kappa shape index (κ1) is 22.1. The van der Waals surface area contributed by atoms with Gasteiger partial charge in [0, 0.05) is 12.5 Å². The molecule has 2 aromatic rings. The summed E-state index contributed by atoms with van der Waals surface area (Å²) in [6, 6.07) is 15.1. The molecule has 0 heterocycles. The van der Waals surface area contributed by atoms with Crippen LogP contribution in [0.1, 0.15) is 30.4 Å². The SMILES string of the molecule is C=CCC(NC(=O)C(C)CNC(=O)OCC1c2ccccc2-c2ccccc21)C(=O)O. The number of fused-ring (bicyclic) bond motifs is 3. The van der Waals surface area contributed by atoms with Crippen molar-refractivity contribution in [2.24, 2.45) is 5.92 Å². The Kier molecular flexibility index (Phi) is 7.07. The lowest BCUT2D eigenvalue weighted by atomic mass is 9.98. The summed E-state index contributed by atoms with van der Waals surface area (Å²) in [5.74, 6) is -2.26. The van der Waals surface area contributed by atoms with E-state index in [0.717, 1.165) is 22.3 Å². The number of carboxylic acids is 1. The van der Waals surface area contributed by atoms with Gasteiger partial charge in [-0.05, 0) is 28.7 Å². The Morgan fingerprint density at radius 1 is 1.10 bits per heavy atom. The van der Waals surface area contributed by atoms with Crippen molar-refractivity contribution in [3.63, 3.8) is 0 Å². The average molecular weight is 422 g/mol. The van der Waals surface area contributed by atoms with E-state index in [0.29, 0.717) is 0 Å². The Labute approximate surface area is 181 Å². The van der Waals surface area contributed by atoms with Crippen LogP contribution in [0.2, 0.25) is 0 Å². The zero-order chi connectivity index (χ0) is 22.4. The maximum Gasteiger partial charge on any atom is 0.407 e. The summed E-state index contributed by atoms with van der Waals surface area (Å²) < 4.78 is 5.44. The third kappa shape index (κ3) is 5.12. The molecule has 31 heavy (non-hydrogen) atoms. The highest BCUT2D eigenvalue weighted by molar-refractivity contribution is 5.85. The van der Waals surface area contributed by atoms with Crippen LogP contribution in [0.3, 0.4) is 0 Å². The van der Waals surface area contributed by atoms with Crippen LogP contribution in [-0.4, -0.2) is 42.3 Å². The molecule has 2 amide bonds. The highest BCUT2D eigenvalue weighted by Gasteiger charge is 2.29. The second-order valence-electron chi connectivity index (χ2n) is 7.53. The topological polar surface area (TPSA) is 105 Å². The Bertz CT molecular complexity index is 942. The molecule has 1 aliphatic rings. The Morgan fingerprint density at radius 3 is 2.23 bits per heavy atom. The van der Waals surface area contributed by atoms with Gasteiger partial charge in [-0.3, -0.25) is 4.79 Å². The molecule has 1 aliphatic carbocycles. The largest absolute Gasteiger partial charge is 0.480 e. The lowest BCUT2D eigenvalue weighted by molar-refractivity contribution is -0.142. The molecule has 162 valence electrons. The molecule has 7 nitrogen and oxygen atoms in total. The normalized spacial score (nSPS) is 14.0. The number of carboxylic acid groups (broad SMARTS) is 1. The molecular weight excluding hydrogens is 396 g/mol. The van der Waals surface area contributed by atoms with Gasteiger partial charge in [-0.25, -0.2) is 9.59 Å². The molecule has 0 bridgehead atoms. The number of rotatable bonds is 9. The van der Waals surface area contributed by atoms with Crippen molar-refractivity contribution in [3.05, 3.63) is 72.3 Å². The van der Waals surface area contributed by atoms with Gasteiger partial charge in [-0.15, -0.1) is 6.58 Å². The van der Waals surface area contributed by atoms with Crippen LogP contribution in [0.5, 0.6) is 0 Å². The van der Waals surface area contributed by atoms with E-state index in [2.05, 4.69) is 29.3 Å². The summed E-state index contributed by atoms with van der Waals surface area (Å²) >= 11 is 0. The zero-order valence-corrected chi connectivity index (χ0v) is 17.3. The van der Waals surface area contributed by atoms with Gasteiger partial charge < -0.3 is 20.5 Å². The number of benzene rings is 2. The number of hydrogen-bond donors (Lipinski definition) is 3. The van der Waals surface area contributed by atoms with Gasteiger partial charge in [0.1, 0.15) is 12.6 Å². The van der Waals surface area contributed by atoms with Crippen molar-refractivity contribution in [1.29, 1.82) is 0 Å². The standard InChI is InChI=1S/C24H26N2O5/c1-3-8-21(23(28)29)26-22(27)15(2)13-25-24(30)31-14-20-18-11-6-4-9-16(18)17-10-5-7-12-19(17)20/h3-7,9-12,15,20-21H,1,8,13-14H2,2H3,(H,25,30)(H,26,27)(H,28,29). The molecule has 0 spiro atoms. The van der Waals surface area contributed by atoms with Crippen LogP contribution in [-0.2, 0) is 14.3 Å². The van der Waals surface area contributed by atoms with Crippen molar-refractivity contribution < 1.29 is 24.2 Å². The first-order chi connectivity index (χ1) is 14.9. The fraction of sp³-hybridized carbons (Fsp3) is 0.292. The van der Waals surface area contributed by atoms with Gasteiger partial charge in [-0.1, -0.05) is 61.5 Å². The molecule has 7 heteroatoms. The summed E-state index contributed by atoms with van der Waals surface area (Å²) in [5.41, 5.74) is 4.52. The van der Waals surface area contributed by atoms with Crippen LogP contribution in [0.25, 0.3) is 11.1 Å². The van der Waals surface area contributed by atoms with E-state index in [1.807, 2.05) is 36.4 Å². The van der Waals surface area contributed by atoms with Crippen molar-refractivity contribution in [2.75, 3.05) is 13.2 Å². The highest BCUT2D eigenvalue weighted by atomic mass is 16.5. The zero-order valence-electron chi connectivity index (χ0n) is 17.3. The molecule has 0 saturated carbocycles. The number of ether oxygens (including phenoxy) is 1. The summed E-state index contributed by atoms with van der Waals surface area (Å²) in [5, 5.41) is 14.1. The highest BCUT2D eigenvalue weighted by Crippen LogP contribution is 2.44. The van der Waals surface area contributed by atoms with E-state index >= 15 is 0 Å². The van der Waals surface area contributed by atoms with Gasteiger partial charge >= 0.3 is 12.1 Å². The van der Waals surface area contributed by atoms with Crippen molar-refractivity contribution in [2.45, 2.75) is 25.3 Å². The summed E-state index contributed by atoms with van der Waals surface area (Å²) in [6.07, 6.45) is 0.925. The minimum absolute atomic E-state index is 0.0307. The lowest BCUT2D eigenvalue weighted by Crippen LogP contribution is -2.45. The second kappa shape index (κ2) is 9.93. The third-order valence-corrected chi connectivity index (χ3v) is 5.36. The fourth-order valence-electron chi connectivity index (χ4n) is 3.68. The van der Waals surface area contributed by atoms with Crippen molar-refractivity contribution in [1.82, 2.24) is 10.6 Å². The first-order valence-corrected chi connectivity index (χ1v) is 10.1. The quantitative estimate of drug-likeness (QED) is 0.538. The van der Waals surface area contributed by atoms with Gasteiger partial charge in [-0.2, -0.15) is 0 Å². The van der Waals surface area contributed by atoms with Crippen LogP contribution in [0.4, 0.5) is 4.79 Å². The molecule has 2 atom stereocenters. The van der Waals surface area contributed by atoms with Crippen LogP contribution in [0, 0.1) is 5.92 Å². The van der Waals surface area contributed by atoms with E-state index in [-0.39, 0.29) is 25.5 Å². The predicted octanol–water partition coefficient (Wildman–Crippen LogP) is 3.31. The van der Waals surface area contributed by atoms with Gasteiger partial charge in [0.05, 0.1) is 5.92 Å². The fourth-order valence-corrected chi connectivity index (χ4v) is 3.68. The monoisotopic (exact) mass is 422 g/mol. The van der Waals surface area contributed by atoms with Crippen molar-refractivity contribution in [3.8, 4) is 11.1 Å². The van der Waals surface area contributed by atoms with Crippen LogP contribution in [0.15, 0.2) is 61.2 Å². The summed E-state index contributed by atoms with van der Waals surface area (Å²) in [4.78, 5) is 35.5. The minimum Gasteiger partial charge on any atom is -0.480 e. The Balaban J connectivity index is 1.52. The van der Waals surface area contributed by atoms with E-state index < -0.39 is 29.9 Å². The van der Waals surface area contributed by atoms with Crippen LogP contribution >= 0.6 is 0 Å². The second-order valence-corrected chi connectivity index (χ2v) is 7.53. The summed E-state index contributed by atoms with van der Waals surface area (Å²) in [7, 11) is 0. The van der Waals surface area contributed by atoms with E-state index in [4.69, 9.17) is 9.84 Å². The molecular formula is C24H26N2O5. The van der Waals surface area contributed by atoms with Gasteiger partial charge in [0.25, 0.3) is 0 Å². The first-order valence-electron chi connectivity index (χ1n) is 10.1. The third-order valence-electron chi connectivity index (χ3n) is 5.36. The number of nitrogens with one attached hydrogen (secondary N) is 2. The number of aliphatic carboxylic acids is 1. The lowest BCUT2D eigenvalue weighted by Gasteiger charge is -2.18. The molecule has 0 aliphatic heterocycles. The Hall–Kier alpha value is -3.61. The predicted molar refractivity (Wildman–Crippen MR) is 117 cm³/mol. The Morgan fingerprint density at radius 2 is 1.68 bits per heavy atom. The van der Waals surface area contributed by atoms with Gasteiger partial charge in [0.2, 0.25) is 5.91 Å². The number of amides is 2. The van der Waals surface area contributed by atoms with Gasteiger partial charge in [0.15, 0.2) is 0 Å².